The van der Waals surface area contributed by atoms with E-state index < -0.39 is 27.8 Å². The van der Waals surface area contributed by atoms with Crippen LogP contribution in [0.25, 0.3) is 0 Å². The summed E-state index contributed by atoms with van der Waals surface area (Å²) in [5.41, 5.74) is 0.720. The second-order valence-corrected chi connectivity index (χ2v) is 8.25. The van der Waals surface area contributed by atoms with Gasteiger partial charge in [0.2, 0.25) is 15.9 Å². The third-order valence-corrected chi connectivity index (χ3v) is 4.90. The Kier molecular flexibility index (Phi) is 6.43. The van der Waals surface area contributed by atoms with Gasteiger partial charge in [-0.2, -0.15) is 0 Å². The Bertz CT molecular complexity index is 881. The molecule has 0 heterocycles. The quantitative estimate of drug-likeness (QED) is 0.781. The van der Waals surface area contributed by atoms with E-state index in [1.807, 2.05) is 13.8 Å². The van der Waals surface area contributed by atoms with E-state index in [1.54, 1.807) is 24.3 Å². The average Bonchev–Trinajstić information content (AvgIpc) is 2.57. The summed E-state index contributed by atoms with van der Waals surface area (Å²) >= 11 is 0. The fourth-order valence-corrected chi connectivity index (χ4v) is 3.71. The largest absolute Gasteiger partial charge is 0.491 e. The Balaban J connectivity index is 2.18. The number of hydrogen-bond donors (Lipinski definition) is 1. The molecule has 0 saturated carbocycles. The van der Waals surface area contributed by atoms with Crippen LogP contribution in [0.2, 0.25) is 0 Å². The monoisotopic (exact) mass is 394 g/mol. The van der Waals surface area contributed by atoms with Gasteiger partial charge in [-0.05, 0) is 69.3 Å². The molecular weight excluding hydrogens is 371 g/mol. The highest BCUT2D eigenvalue weighted by atomic mass is 32.2. The van der Waals surface area contributed by atoms with Crippen LogP contribution < -0.4 is 14.4 Å². The first-order chi connectivity index (χ1) is 12.6. The van der Waals surface area contributed by atoms with Gasteiger partial charge in [0.1, 0.15) is 17.6 Å². The van der Waals surface area contributed by atoms with Gasteiger partial charge in [0.25, 0.3) is 0 Å². The molecule has 2 rings (SSSR count). The number of ether oxygens (including phenoxy) is 1. The molecule has 0 unspecified atom stereocenters. The van der Waals surface area contributed by atoms with Gasteiger partial charge in [-0.1, -0.05) is 0 Å². The minimum Gasteiger partial charge on any atom is -0.491 e. The van der Waals surface area contributed by atoms with Crippen molar-refractivity contribution in [1.82, 2.24) is 0 Å². The Morgan fingerprint density at radius 3 is 2.07 bits per heavy atom. The topological polar surface area (TPSA) is 75.7 Å². The molecule has 1 N–H and O–H groups in total. The van der Waals surface area contributed by atoms with Gasteiger partial charge >= 0.3 is 0 Å². The lowest BCUT2D eigenvalue weighted by Gasteiger charge is -2.28. The first kappa shape index (κ1) is 20.7. The van der Waals surface area contributed by atoms with E-state index in [0.717, 1.165) is 22.7 Å². The molecule has 6 nitrogen and oxygen atoms in total. The van der Waals surface area contributed by atoms with Gasteiger partial charge < -0.3 is 10.1 Å². The molecule has 0 aliphatic heterocycles. The predicted molar refractivity (Wildman–Crippen MR) is 104 cm³/mol. The highest BCUT2D eigenvalue weighted by Gasteiger charge is 2.29. The molecule has 8 heteroatoms. The molecule has 0 spiro atoms. The van der Waals surface area contributed by atoms with E-state index in [9.17, 15) is 17.6 Å². The second-order valence-electron chi connectivity index (χ2n) is 6.39. The maximum Gasteiger partial charge on any atom is 0.247 e. The summed E-state index contributed by atoms with van der Waals surface area (Å²) in [5.74, 6) is -0.338. The number of sulfonamides is 1. The van der Waals surface area contributed by atoms with Crippen LogP contribution in [0, 0.1) is 5.82 Å². The number of anilines is 2. The van der Waals surface area contributed by atoms with Crippen molar-refractivity contribution in [3.8, 4) is 5.75 Å². The number of amides is 1. The molecule has 0 aromatic heterocycles. The molecule has 0 bridgehead atoms. The minimum atomic E-state index is -3.76. The van der Waals surface area contributed by atoms with Gasteiger partial charge in [0, 0.05) is 5.69 Å². The van der Waals surface area contributed by atoms with Gasteiger partial charge in [0.15, 0.2) is 0 Å². The van der Waals surface area contributed by atoms with Crippen LogP contribution in [0.15, 0.2) is 48.5 Å². The predicted octanol–water partition coefficient (Wildman–Crippen LogP) is 3.41. The summed E-state index contributed by atoms with van der Waals surface area (Å²) in [6, 6.07) is 10.7. The van der Waals surface area contributed by atoms with E-state index in [0.29, 0.717) is 11.4 Å². The maximum atomic E-state index is 13.1. The summed E-state index contributed by atoms with van der Waals surface area (Å²) in [7, 11) is -3.76. The van der Waals surface area contributed by atoms with E-state index in [4.69, 9.17) is 4.74 Å². The number of carbonyl (C=O) groups excluding carboxylic acids is 1. The van der Waals surface area contributed by atoms with E-state index in [2.05, 4.69) is 5.32 Å². The molecule has 2 aromatic rings. The Morgan fingerprint density at radius 2 is 1.59 bits per heavy atom. The third kappa shape index (κ3) is 5.68. The summed E-state index contributed by atoms with van der Waals surface area (Å²) < 4.78 is 44.0. The van der Waals surface area contributed by atoms with Crippen LogP contribution in [-0.4, -0.2) is 32.7 Å². The minimum absolute atomic E-state index is 0.0319. The van der Waals surface area contributed by atoms with Crippen molar-refractivity contribution in [2.24, 2.45) is 0 Å². The summed E-state index contributed by atoms with van der Waals surface area (Å²) in [5, 5.41) is 2.68. The van der Waals surface area contributed by atoms with Gasteiger partial charge in [0.05, 0.1) is 18.0 Å². The SMILES string of the molecule is CC(C)Oc1ccc(NC(=O)[C@H](C)N(c2ccc(F)cc2)S(C)(=O)=O)cc1. The average molecular weight is 394 g/mol. The molecular formula is C19H23FN2O4S. The van der Waals surface area contributed by atoms with Crippen molar-refractivity contribution in [3.05, 3.63) is 54.3 Å². The van der Waals surface area contributed by atoms with Crippen molar-refractivity contribution >= 4 is 27.3 Å². The maximum absolute atomic E-state index is 13.1. The number of nitrogens with zero attached hydrogens (tertiary/aromatic N) is 1. The number of rotatable bonds is 7. The first-order valence-electron chi connectivity index (χ1n) is 8.40. The van der Waals surface area contributed by atoms with Crippen molar-refractivity contribution < 1.29 is 22.3 Å². The molecule has 0 aliphatic rings. The smallest absolute Gasteiger partial charge is 0.247 e. The third-order valence-electron chi connectivity index (χ3n) is 3.66. The lowest BCUT2D eigenvalue weighted by molar-refractivity contribution is -0.116. The van der Waals surface area contributed by atoms with Crippen molar-refractivity contribution in [2.75, 3.05) is 15.9 Å². The molecule has 0 saturated heterocycles. The van der Waals surface area contributed by atoms with Crippen LogP contribution >= 0.6 is 0 Å². The van der Waals surface area contributed by atoms with Gasteiger partial charge in [-0.3, -0.25) is 9.10 Å². The van der Waals surface area contributed by atoms with Crippen LogP contribution in [0.3, 0.4) is 0 Å². The molecule has 146 valence electrons. The van der Waals surface area contributed by atoms with Crippen molar-refractivity contribution in [3.63, 3.8) is 0 Å². The van der Waals surface area contributed by atoms with E-state index in [1.165, 1.54) is 19.1 Å². The number of nitrogens with one attached hydrogen (secondary N) is 1. The van der Waals surface area contributed by atoms with Crippen LogP contribution in [-0.2, 0) is 14.8 Å². The van der Waals surface area contributed by atoms with E-state index in [-0.39, 0.29) is 11.8 Å². The van der Waals surface area contributed by atoms with Gasteiger partial charge in [-0.25, -0.2) is 12.8 Å². The molecule has 1 amide bonds. The lowest BCUT2D eigenvalue weighted by Crippen LogP contribution is -2.45. The van der Waals surface area contributed by atoms with Crippen LogP contribution in [0.1, 0.15) is 20.8 Å². The molecule has 27 heavy (non-hydrogen) atoms. The lowest BCUT2D eigenvalue weighted by atomic mass is 10.2. The Labute approximate surface area is 159 Å². The molecule has 0 fully saturated rings. The fraction of sp³-hybridized carbons (Fsp3) is 0.316. The summed E-state index contributed by atoms with van der Waals surface area (Å²) in [4.78, 5) is 12.6. The summed E-state index contributed by atoms with van der Waals surface area (Å²) in [6.07, 6.45) is 1.03. The number of hydrogen-bond acceptors (Lipinski definition) is 4. The normalized spacial score (nSPS) is 12.5. The summed E-state index contributed by atoms with van der Waals surface area (Å²) in [6.45, 7) is 5.29. The zero-order chi connectivity index (χ0) is 20.2. The highest BCUT2D eigenvalue weighted by molar-refractivity contribution is 7.92. The molecule has 2 aromatic carbocycles. The highest BCUT2D eigenvalue weighted by Crippen LogP contribution is 2.22. The first-order valence-corrected chi connectivity index (χ1v) is 10.3. The standard InChI is InChI=1S/C19H23FN2O4S/c1-13(2)26-18-11-7-16(8-12-18)21-19(23)14(3)22(27(4,24)25)17-9-5-15(20)6-10-17/h5-14H,1-4H3,(H,21,23)/t14-/m0/s1. The van der Waals surface area contributed by atoms with Crippen molar-refractivity contribution in [2.45, 2.75) is 32.9 Å². The second kappa shape index (κ2) is 8.39. The fourth-order valence-electron chi connectivity index (χ4n) is 2.53. The number of halogens is 1. The Morgan fingerprint density at radius 1 is 1.04 bits per heavy atom. The zero-order valence-electron chi connectivity index (χ0n) is 15.6. The van der Waals surface area contributed by atoms with Crippen LogP contribution in [0.5, 0.6) is 5.75 Å². The zero-order valence-corrected chi connectivity index (χ0v) is 16.5. The molecule has 0 aliphatic carbocycles. The van der Waals surface area contributed by atoms with E-state index >= 15 is 0 Å². The van der Waals surface area contributed by atoms with Gasteiger partial charge in [-0.15, -0.1) is 0 Å². The molecule has 1 atom stereocenters. The molecule has 0 radical (unpaired) electrons. The number of benzene rings is 2. The van der Waals surface area contributed by atoms with Crippen LogP contribution in [0.4, 0.5) is 15.8 Å². The number of carbonyl (C=O) groups is 1. The Hall–Kier alpha value is -2.61. The van der Waals surface area contributed by atoms with Crippen molar-refractivity contribution in [1.29, 1.82) is 0 Å².